The fourth-order valence-corrected chi connectivity index (χ4v) is 4.40. The van der Waals surface area contributed by atoms with Gasteiger partial charge in [0, 0.05) is 16.0 Å². The number of hydrogen-bond donors (Lipinski definition) is 1. The molecule has 0 amide bonds. The van der Waals surface area contributed by atoms with E-state index in [1.165, 1.54) is 43.0 Å². The Bertz CT molecular complexity index is 294. The van der Waals surface area contributed by atoms with E-state index in [4.69, 9.17) is 4.99 Å². The molecule has 17 heavy (non-hydrogen) atoms. The molecule has 0 spiro atoms. The first kappa shape index (κ1) is 13.6. The van der Waals surface area contributed by atoms with Crippen molar-refractivity contribution in [3.63, 3.8) is 0 Å². The Morgan fingerprint density at radius 2 is 2.18 bits per heavy atom. The van der Waals surface area contributed by atoms with Crippen molar-refractivity contribution in [1.82, 2.24) is 5.32 Å². The van der Waals surface area contributed by atoms with Crippen LogP contribution in [0.4, 0.5) is 0 Å². The van der Waals surface area contributed by atoms with E-state index in [1.54, 1.807) is 0 Å². The fraction of sp³-hybridized carbons (Fsp3) is 0.923. The molecule has 0 aromatic rings. The van der Waals surface area contributed by atoms with Gasteiger partial charge in [0.1, 0.15) is 0 Å². The van der Waals surface area contributed by atoms with E-state index >= 15 is 0 Å². The van der Waals surface area contributed by atoms with E-state index in [9.17, 15) is 0 Å². The van der Waals surface area contributed by atoms with Crippen LogP contribution in [0.1, 0.15) is 46.0 Å². The van der Waals surface area contributed by atoms with E-state index < -0.39 is 0 Å². The Kier molecular flexibility index (Phi) is 4.35. The Morgan fingerprint density at radius 3 is 2.71 bits per heavy atom. The summed E-state index contributed by atoms with van der Waals surface area (Å²) >= 11 is 3.91. The highest BCUT2D eigenvalue weighted by Crippen LogP contribution is 2.43. The molecule has 1 atom stereocenters. The van der Waals surface area contributed by atoms with Crippen LogP contribution in [0.2, 0.25) is 0 Å². The molecule has 2 rings (SSSR count). The molecule has 0 aromatic carbocycles. The highest BCUT2D eigenvalue weighted by atomic mass is 32.2. The number of nitrogens with one attached hydrogen (secondary N) is 1. The average molecular weight is 272 g/mol. The summed E-state index contributed by atoms with van der Waals surface area (Å²) in [4.78, 5) is 4.84. The fourth-order valence-electron chi connectivity index (χ4n) is 2.29. The van der Waals surface area contributed by atoms with Crippen LogP contribution >= 0.6 is 23.5 Å². The molecular weight excluding hydrogens is 248 g/mol. The molecule has 1 saturated carbocycles. The molecule has 1 N–H and O–H groups in total. The average Bonchev–Trinajstić information content (AvgIpc) is 2.29. The zero-order chi connectivity index (χ0) is 12.4. The largest absolute Gasteiger partial charge is 0.360 e. The highest BCUT2D eigenvalue weighted by Gasteiger charge is 2.36. The number of hydrogen-bond acceptors (Lipinski definition) is 3. The lowest BCUT2D eigenvalue weighted by molar-refractivity contribution is 0.368. The first-order valence-corrected chi connectivity index (χ1v) is 8.83. The summed E-state index contributed by atoms with van der Waals surface area (Å²) < 4.78 is 0.468. The Balaban J connectivity index is 1.93. The van der Waals surface area contributed by atoms with Crippen LogP contribution in [0.5, 0.6) is 0 Å². The maximum absolute atomic E-state index is 4.84. The minimum absolute atomic E-state index is 0.274. The van der Waals surface area contributed by atoms with Gasteiger partial charge in [0.05, 0.1) is 6.54 Å². The molecule has 1 saturated heterocycles. The van der Waals surface area contributed by atoms with Gasteiger partial charge < -0.3 is 5.32 Å². The summed E-state index contributed by atoms with van der Waals surface area (Å²) in [5.74, 6) is 1.21. The van der Waals surface area contributed by atoms with E-state index in [2.05, 4.69) is 25.4 Å². The molecule has 1 heterocycles. The van der Waals surface area contributed by atoms with Gasteiger partial charge >= 0.3 is 0 Å². The van der Waals surface area contributed by atoms with Crippen LogP contribution in [0, 0.1) is 0 Å². The summed E-state index contributed by atoms with van der Waals surface area (Å²) in [6, 6.07) is 0. The summed E-state index contributed by atoms with van der Waals surface area (Å²) in [6.07, 6.45) is 8.75. The third kappa shape index (κ3) is 3.14. The highest BCUT2D eigenvalue weighted by molar-refractivity contribution is 8.13. The summed E-state index contributed by atoms with van der Waals surface area (Å²) in [5.41, 5.74) is 0.274. The standard InChI is InChI=1S/C13H24N2S2/c1-4-12(2)8-9-17-11(15-12)14-10-13(16-3)6-5-7-13/h4-10H2,1-3H3,(H,14,15). The minimum Gasteiger partial charge on any atom is -0.360 e. The molecule has 2 fully saturated rings. The van der Waals surface area contributed by atoms with E-state index in [0.717, 1.165) is 6.54 Å². The van der Waals surface area contributed by atoms with Gasteiger partial charge in [0.25, 0.3) is 0 Å². The second-order valence-electron chi connectivity index (χ2n) is 5.50. The second-order valence-corrected chi connectivity index (χ2v) is 7.86. The lowest BCUT2D eigenvalue weighted by atomic mass is 9.84. The van der Waals surface area contributed by atoms with Gasteiger partial charge in [-0.15, -0.1) is 0 Å². The summed E-state index contributed by atoms with van der Waals surface area (Å²) in [6.45, 7) is 5.58. The first-order chi connectivity index (χ1) is 8.11. The zero-order valence-electron chi connectivity index (χ0n) is 11.2. The minimum atomic E-state index is 0.274. The van der Waals surface area contributed by atoms with E-state index in [-0.39, 0.29) is 5.54 Å². The Labute approximate surface area is 114 Å². The van der Waals surface area contributed by atoms with Crippen molar-refractivity contribution in [1.29, 1.82) is 0 Å². The number of rotatable bonds is 4. The van der Waals surface area contributed by atoms with Crippen molar-refractivity contribution in [2.45, 2.75) is 56.2 Å². The second kappa shape index (κ2) is 5.43. The normalized spacial score (nSPS) is 34.2. The molecule has 0 radical (unpaired) electrons. The first-order valence-electron chi connectivity index (χ1n) is 6.62. The molecule has 1 aliphatic heterocycles. The molecule has 1 unspecified atom stereocenters. The van der Waals surface area contributed by atoms with Crippen LogP contribution < -0.4 is 5.32 Å². The summed E-state index contributed by atoms with van der Waals surface area (Å²) in [7, 11) is 0. The van der Waals surface area contributed by atoms with Gasteiger partial charge in [-0.1, -0.05) is 25.1 Å². The van der Waals surface area contributed by atoms with Crippen LogP contribution in [0.25, 0.3) is 0 Å². The van der Waals surface area contributed by atoms with Crippen LogP contribution in [-0.2, 0) is 0 Å². The maximum atomic E-state index is 4.84. The lowest BCUT2D eigenvalue weighted by Gasteiger charge is -2.40. The number of thioether (sulfide) groups is 2. The van der Waals surface area contributed by atoms with Crippen LogP contribution in [0.3, 0.4) is 0 Å². The molecule has 98 valence electrons. The lowest BCUT2D eigenvalue weighted by Crippen LogP contribution is -2.48. The predicted molar refractivity (Wildman–Crippen MR) is 81.3 cm³/mol. The van der Waals surface area contributed by atoms with Crippen LogP contribution in [-0.4, -0.2) is 34.0 Å². The molecule has 4 heteroatoms. The Hall–Kier alpha value is 0.170. The molecular formula is C13H24N2S2. The molecule has 0 aromatic heterocycles. The smallest absolute Gasteiger partial charge is 0.157 e. The van der Waals surface area contributed by atoms with Crippen molar-refractivity contribution < 1.29 is 0 Å². The monoisotopic (exact) mass is 272 g/mol. The van der Waals surface area contributed by atoms with Crippen molar-refractivity contribution >= 4 is 28.7 Å². The maximum Gasteiger partial charge on any atom is 0.157 e. The van der Waals surface area contributed by atoms with Crippen molar-refractivity contribution in [3.8, 4) is 0 Å². The van der Waals surface area contributed by atoms with E-state index in [0.29, 0.717) is 4.75 Å². The predicted octanol–water partition coefficient (Wildman–Crippen LogP) is 3.52. The van der Waals surface area contributed by atoms with Crippen molar-refractivity contribution in [2.75, 3.05) is 18.6 Å². The van der Waals surface area contributed by atoms with Gasteiger partial charge in [-0.25, -0.2) is 0 Å². The quantitative estimate of drug-likeness (QED) is 0.847. The summed E-state index contributed by atoms with van der Waals surface area (Å²) in [5, 5.41) is 4.81. The van der Waals surface area contributed by atoms with Crippen LogP contribution in [0.15, 0.2) is 4.99 Å². The zero-order valence-corrected chi connectivity index (χ0v) is 12.8. The van der Waals surface area contributed by atoms with Crippen molar-refractivity contribution in [2.24, 2.45) is 4.99 Å². The molecule has 2 nitrogen and oxygen atoms in total. The van der Waals surface area contributed by atoms with Gasteiger partial charge in [-0.2, -0.15) is 11.8 Å². The third-order valence-electron chi connectivity index (χ3n) is 4.29. The van der Waals surface area contributed by atoms with E-state index in [1.807, 2.05) is 23.5 Å². The molecule has 0 bridgehead atoms. The van der Waals surface area contributed by atoms with Gasteiger partial charge in [-0.05, 0) is 38.9 Å². The van der Waals surface area contributed by atoms with Gasteiger partial charge in [0.15, 0.2) is 5.17 Å². The number of amidine groups is 1. The third-order valence-corrected chi connectivity index (χ3v) is 6.61. The number of aliphatic imine (C=N–C) groups is 1. The topological polar surface area (TPSA) is 24.4 Å². The SMILES string of the molecule is CCC1(C)CCSC(=NCC2(SC)CCC2)N1. The molecule has 1 aliphatic carbocycles. The van der Waals surface area contributed by atoms with Crippen molar-refractivity contribution in [3.05, 3.63) is 0 Å². The number of nitrogens with zero attached hydrogens (tertiary/aromatic N) is 1. The van der Waals surface area contributed by atoms with Gasteiger partial charge in [0.2, 0.25) is 0 Å². The Morgan fingerprint density at radius 1 is 1.41 bits per heavy atom. The molecule has 2 aliphatic rings. The van der Waals surface area contributed by atoms with Gasteiger partial charge in [-0.3, -0.25) is 4.99 Å².